The molecule has 2 heterocycles. The van der Waals surface area contributed by atoms with Crippen LogP contribution in [0.5, 0.6) is 5.88 Å². The molecule has 0 fully saturated rings. The molecule has 102 valence electrons. The van der Waals surface area contributed by atoms with Gasteiger partial charge in [0.1, 0.15) is 0 Å². The molecule has 0 amide bonds. The van der Waals surface area contributed by atoms with Crippen molar-refractivity contribution in [1.82, 2.24) is 9.55 Å². The summed E-state index contributed by atoms with van der Waals surface area (Å²) in [5.41, 5.74) is 0.610. The molecule has 2 aromatic heterocycles. The van der Waals surface area contributed by atoms with E-state index in [4.69, 9.17) is 14.2 Å². The number of hydrogen-bond acceptors (Lipinski definition) is 5. The maximum absolute atomic E-state index is 12.0. The largest absolute Gasteiger partial charge is 0.481 e. The van der Waals surface area contributed by atoms with Crippen molar-refractivity contribution in [3.63, 3.8) is 0 Å². The quantitative estimate of drug-likeness (QED) is 0.755. The third-order valence-corrected chi connectivity index (χ3v) is 2.92. The van der Waals surface area contributed by atoms with E-state index in [1.54, 1.807) is 22.9 Å². The summed E-state index contributed by atoms with van der Waals surface area (Å²) in [6.07, 6.45) is 1.18. The number of rotatable bonds is 5. The summed E-state index contributed by atoms with van der Waals surface area (Å²) in [4.78, 5) is 16.1. The highest BCUT2D eigenvalue weighted by Gasteiger charge is 2.11. The summed E-state index contributed by atoms with van der Waals surface area (Å²) < 4.78 is 16.9. The van der Waals surface area contributed by atoms with Gasteiger partial charge in [-0.05, 0) is 6.07 Å². The molecule has 0 N–H and O–H groups in total. The molecule has 6 heteroatoms. The van der Waals surface area contributed by atoms with Crippen molar-refractivity contribution in [3.05, 3.63) is 34.7 Å². The Morgan fingerprint density at radius 3 is 2.63 bits per heavy atom. The van der Waals surface area contributed by atoms with E-state index in [0.29, 0.717) is 12.4 Å². The molecule has 0 atom stereocenters. The third kappa shape index (κ3) is 2.74. The van der Waals surface area contributed by atoms with Crippen molar-refractivity contribution in [2.45, 2.75) is 12.8 Å². The van der Waals surface area contributed by atoms with E-state index in [9.17, 15) is 4.79 Å². The summed E-state index contributed by atoms with van der Waals surface area (Å²) in [6, 6.07) is 4.95. The van der Waals surface area contributed by atoms with Crippen LogP contribution < -0.4 is 10.3 Å². The van der Waals surface area contributed by atoms with E-state index in [1.165, 1.54) is 27.4 Å². The normalized spacial score (nSPS) is 11.2. The summed E-state index contributed by atoms with van der Waals surface area (Å²) in [7, 11) is 4.60. The van der Waals surface area contributed by atoms with Gasteiger partial charge in [-0.1, -0.05) is 0 Å². The van der Waals surface area contributed by atoms with E-state index in [2.05, 4.69) is 4.98 Å². The zero-order valence-electron chi connectivity index (χ0n) is 11.1. The standard InChI is InChI=1S/C13H16N2O4/c1-17-11-6-10-9(7-14-11)4-5-12(16)15(10)8-13(18-2)19-3/h4-7,13H,8H2,1-3H3. The number of nitrogens with zero attached hydrogens (tertiary/aromatic N) is 2. The number of methoxy groups -OCH3 is 3. The number of ether oxygens (including phenoxy) is 3. The van der Waals surface area contributed by atoms with Crippen LogP contribution >= 0.6 is 0 Å². The Morgan fingerprint density at radius 2 is 2.00 bits per heavy atom. The Balaban J connectivity index is 2.56. The fourth-order valence-electron chi connectivity index (χ4n) is 1.86. The van der Waals surface area contributed by atoms with Crippen LogP contribution in [0.25, 0.3) is 10.9 Å². The number of pyridine rings is 2. The van der Waals surface area contributed by atoms with Crippen molar-refractivity contribution in [2.24, 2.45) is 0 Å². The second kappa shape index (κ2) is 5.81. The lowest BCUT2D eigenvalue weighted by atomic mass is 10.2. The van der Waals surface area contributed by atoms with E-state index < -0.39 is 6.29 Å². The predicted octanol–water partition coefficient (Wildman–Crippen LogP) is 1.02. The summed E-state index contributed by atoms with van der Waals surface area (Å²) in [5, 5.41) is 0.853. The minimum Gasteiger partial charge on any atom is -0.481 e. The second-order valence-electron chi connectivity index (χ2n) is 3.97. The zero-order chi connectivity index (χ0) is 13.8. The lowest BCUT2D eigenvalue weighted by Crippen LogP contribution is -2.28. The molecule has 0 saturated heterocycles. The van der Waals surface area contributed by atoms with Gasteiger partial charge in [0.25, 0.3) is 5.56 Å². The van der Waals surface area contributed by atoms with Crippen molar-refractivity contribution in [2.75, 3.05) is 21.3 Å². The highest BCUT2D eigenvalue weighted by Crippen LogP contribution is 2.16. The van der Waals surface area contributed by atoms with E-state index in [0.717, 1.165) is 10.9 Å². The van der Waals surface area contributed by atoms with Gasteiger partial charge in [0.05, 0.1) is 19.2 Å². The second-order valence-corrected chi connectivity index (χ2v) is 3.97. The fraction of sp³-hybridized carbons (Fsp3) is 0.385. The summed E-state index contributed by atoms with van der Waals surface area (Å²) in [5.74, 6) is 0.457. The van der Waals surface area contributed by atoms with Gasteiger partial charge in [0.2, 0.25) is 5.88 Å². The van der Waals surface area contributed by atoms with Crippen LogP contribution in [0.1, 0.15) is 0 Å². The van der Waals surface area contributed by atoms with Crippen molar-refractivity contribution in [1.29, 1.82) is 0 Å². The average molecular weight is 264 g/mol. The first-order valence-corrected chi connectivity index (χ1v) is 5.78. The molecule has 0 saturated carbocycles. The minimum absolute atomic E-state index is 0.125. The molecule has 2 rings (SSSR count). The molecule has 0 spiro atoms. The molecular formula is C13H16N2O4. The Bertz CT molecular complexity index is 620. The Hall–Kier alpha value is -1.92. The number of aromatic nitrogens is 2. The van der Waals surface area contributed by atoms with Gasteiger partial charge < -0.3 is 18.8 Å². The average Bonchev–Trinajstić information content (AvgIpc) is 2.46. The number of fused-ring (bicyclic) bond motifs is 1. The smallest absolute Gasteiger partial charge is 0.251 e. The Labute approximate surface area is 110 Å². The van der Waals surface area contributed by atoms with Crippen molar-refractivity contribution in [3.8, 4) is 5.88 Å². The van der Waals surface area contributed by atoms with E-state index in [-0.39, 0.29) is 5.56 Å². The first-order chi connectivity index (χ1) is 9.19. The molecule has 0 radical (unpaired) electrons. The zero-order valence-corrected chi connectivity index (χ0v) is 11.1. The highest BCUT2D eigenvalue weighted by molar-refractivity contribution is 5.78. The van der Waals surface area contributed by atoms with Crippen LogP contribution in [0.3, 0.4) is 0 Å². The molecule has 19 heavy (non-hydrogen) atoms. The molecule has 0 aliphatic carbocycles. The molecule has 2 aromatic rings. The topological polar surface area (TPSA) is 62.6 Å². The Kier molecular flexibility index (Phi) is 4.13. The van der Waals surface area contributed by atoms with Gasteiger partial charge in [-0.3, -0.25) is 4.79 Å². The molecule has 6 nitrogen and oxygen atoms in total. The highest BCUT2D eigenvalue weighted by atomic mass is 16.7. The third-order valence-electron chi connectivity index (χ3n) is 2.92. The van der Waals surface area contributed by atoms with Crippen LogP contribution in [0.15, 0.2) is 29.2 Å². The Morgan fingerprint density at radius 1 is 1.26 bits per heavy atom. The maximum atomic E-state index is 12.0. The van der Waals surface area contributed by atoms with Crippen LogP contribution in [0.2, 0.25) is 0 Å². The summed E-state index contributed by atoms with van der Waals surface area (Å²) in [6.45, 7) is 0.302. The monoisotopic (exact) mass is 264 g/mol. The van der Waals surface area contributed by atoms with Gasteiger partial charge in [-0.2, -0.15) is 0 Å². The van der Waals surface area contributed by atoms with Crippen LogP contribution in [-0.4, -0.2) is 37.2 Å². The first kappa shape index (κ1) is 13.5. The van der Waals surface area contributed by atoms with Gasteiger partial charge >= 0.3 is 0 Å². The lowest BCUT2D eigenvalue weighted by Gasteiger charge is -2.16. The van der Waals surface area contributed by atoms with Crippen molar-refractivity contribution >= 4 is 10.9 Å². The molecule has 0 aromatic carbocycles. The molecular weight excluding hydrogens is 248 g/mol. The summed E-state index contributed by atoms with van der Waals surface area (Å²) >= 11 is 0. The minimum atomic E-state index is -0.484. The lowest BCUT2D eigenvalue weighted by molar-refractivity contribution is -0.110. The van der Waals surface area contributed by atoms with Crippen LogP contribution in [-0.2, 0) is 16.0 Å². The number of hydrogen-bond donors (Lipinski definition) is 0. The molecule has 0 aliphatic rings. The van der Waals surface area contributed by atoms with E-state index >= 15 is 0 Å². The SMILES string of the molecule is COc1cc2c(ccc(=O)n2CC(OC)OC)cn1. The van der Waals surface area contributed by atoms with Crippen molar-refractivity contribution < 1.29 is 14.2 Å². The fourth-order valence-corrected chi connectivity index (χ4v) is 1.86. The van der Waals surface area contributed by atoms with E-state index in [1.807, 2.05) is 0 Å². The molecule has 0 aliphatic heterocycles. The molecule has 0 bridgehead atoms. The van der Waals surface area contributed by atoms with Crippen LogP contribution in [0.4, 0.5) is 0 Å². The van der Waals surface area contributed by atoms with Gasteiger partial charge in [-0.25, -0.2) is 4.98 Å². The van der Waals surface area contributed by atoms with Gasteiger partial charge in [0, 0.05) is 37.9 Å². The van der Waals surface area contributed by atoms with Gasteiger partial charge in [0.15, 0.2) is 6.29 Å². The predicted molar refractivity (Wildman–Crippen MR) is 70.4 cm³/mol. The molecule has 0 unspecified atom stereocenters. The maximum Gasteiger partial charge on any atom is 0.251 e. The van der Waals surface area contributed by atoms with Crippen LogP contribution in [0, 0.1) is 0 Å². The van der Waals surface area contributed by atoms with Gasteiger partial charge in [-0.15, -0.1) is 0 Å². The first-order valence-electron chi connectivity index (χ1n) is 5.78.